The van der Waals surface area contributed by atoms with Gasteiger partial charge in [-0.3, -0.25) is 9.58 Å². The van der Waals surface area contributed by atoms with Crippen molar-refractivity contribution in [1.29, 1.82) is 0 Å². The molecule has 0 aliphatic rings. The number of methoxy groups -OCH3 is 1. The summed E-state index contributed by atoms with van der Waals surface area (Å²) in [5.74, 6) is 0. The van der Waals surface area contributed by atoms with Gasteiger partial charge in [0.2, 0.25) is 0 Å². The molecule has 1 unspecified atom stereocenters. The fourth-order valence-electron chi connectivity index (χ4n) is 2.16. The summed E-state index contributed by atoms with van der Waals surface area (Å²) in [5, 5.41) is 4.38. The Balaban J connectivity index is 2.84. The van der Waals surface area contributed by atoms with Gasteiger partial charge in [-0.15, -0.1) is 0 Å². The molecule has 0 aromatic carbocycles. The van der Waals surface area contributed by atoms with Gasteiger partial charge in [0.15, 0.2) is 0 Å². The maximum absolute atomic E-state index is 5.91. The Morgan fingerprint density at radius 1 is 1.59 bits per heavy atom. The summed E-state index contributed by atoms with van der Waals surface area (Å²) in [7, 11) is 3.66. The van der Waals surface area contributed by atoms with Crippen molar-refractivity contribution in [3.63, 3.8) is 0 Å². The molecule has 1 heterocycles. The van der Waals surface area contributed by atoms with Gasteiger partial charge in [0.25, 0.3) is 0 Å². The van der Waals surface area contributed by atoms with E-state index in [1.165, 1.54) is 5.56 Å². The zero-order valence-corrected chi connectivity index (χ0v) is 11.3. The molecule has 0 saturated heterocycles. The first kappa shape index (κ1) is 14.2. The molecule has 5 heteroatoms. The van der Waals surface area contributed by atoms with Crippen molar-refractivity contribution in [3.05, 3.63) is 17.5 Å². The highest BCUT2D eigenvalue weighted by molar-refractivity contribution is 5.20. The van der Waals surface area contributed by atoms with Crippen LogP contribution < -0.4 is 5.73 Å². The topological polar surface area (TPSA) is 56.3 Å². The van der Waals surface area contributed by atoms with Crippen LogP contribution in [0.1, 0.15) is 24.2 Å². The molecule has 0 aliphatic carbocycles. The predicted octanol–water partition coefficient (Wildman–Crippen LogP) is 0.697. The van der Waals surface area contributed by atoms with E-state index >= 15 is 0 Å². The van der Waals surface area contributed by atoms with E-state index in [2.05, 4.69) is 23.1 Å². The van der Waals surface area contributed by atoms with E-state index in [9.17, 15) is 0 Å². The van der Waals surface area contributed by atoms with Crippen molar-refractivity contribution in [1.82, 2.24) is 14.7 Å². The minimum atomic E-state index is 0.226. The second-order valence-corrected chi connectivity index (χ2v) is 4.22. The molecule has 0 amide bonds. The summed E-state index contributed by atoms with van der Waals surface area (Å²) in [6, 6.07) is 0.226. The van der Waals surface area contributed by atoms with Crippen molar-refractivity contribution in [2.75, 3.05) is 33.4 Å². The van der Waals surface area contributed by atoms with Gasteiger partial charge in [-0.05, 0) is 13.5 Å². The van der Waals surface area contributed by atoms with Crippen LogP contribution in [-0.2, 0) is 11.8 Å². The maximum Gasteiger partial charge on any atom is 0.0641 e. The van der Waals surface area contributed by atoms with E-state index in [0.717, 1.165) is 25.4 Å². The molecule has 1 rings (SSSR count). The molecule has 0 bridgehead atoms. The molecule has 0 radical (unpaired) electrons. The molecule has 1 aromatic rings. The molecule has 0 fully saturated rings. The Morgan fingerprint density at radius 3 is 2.71 bits per heavy atom. The van der Waals surface area contributed by atoms with Gasteiger partial charge in [-0.25, -0.2) is 0 Å². The zero-order valence-electron chi connectivity index (χ0n) is 11.3. The van der Waals surface area contributed by atoms with Crippen LogP contribution in [0.25, 0.3) is 0 Å². The summed E-state index contributed by atoms with van der Waals surface area (Å²) < 4.78 is 6.98. The molecular weight excluding hydrogens is 216 g/mol. The maximum atomic E-state index is 5.91. The average molecular weight is 240 g/mol. The van der Waals surface area contributed by atoms with E-state index in [1.54, 1.807) is 7.11 Å². The zero-order chi connectivity index (χ0) is 12.8. The van der Waals surface area contributed by atoms with Gasteiger partial charge in [0, 0.05) is 39.0 Å². The lowest BCUT2D eigenvalue weighted by atomic mass is 10.1. The number of aryl methyl sites for hydroxylation is 2. The average Bonchev–Trinajstić information content (AvgIpc) is 2.63. The number of ether oxygens (including phenoxy) is 1. The van der Waals surface area contributed by atoms with Crippen molar-refractivity contribution in [2.45, 2.75) is 19.9 Å². The van der Waals surface area contributed by atoms with Crippen LogP contribution in [0.5, 0.6) is 0 Å². The molecule has 2 N–H and O–H groups in total. The van der Waals surface area contributed by atoms with Crippen LogP contribution in [0.2, 0.25) is 0 Å². The van der Waals surface area contributed by atoms with E-state index < -0.39 is 0 Å². The van der Waals surface area contributed by atoms with E-state index in [0.29, 0.717) is 6.54 Å². The number of nitrogens with zero attached hydrogens (tertiary/aromatic N) is 3. The van der Waals surface area contributed by atoms with Gasteiger partial charge >= 0.3 is 0 Å². The first-order valence-electron chi connectivity index (χ1n) is 6.07. The molecule has 5 nitrogen and oxygen atoms in total. The van der Waals surface area contributed by atoms with E-state index in [1.807, 2.05) is 18.7 Å². The van der Waals surface area contributed by atoms with E-state index in [-0.39, 0.29) is 6.04 Å². The fraction of sp³-hybridized carbons (Fsp3) is 0.750. The van der Waals surface area contributed by atoms with Crippen molar-refractivity contribution in [3.8, 4) is 0 Å². The lowest BCUT2D eigenvalue weighted by molar-refractivity contribution is 0.125. The first-order chi connectivity index (χ1) is 8.13. The van der Waals surface area contributed by atoms with Gasteiger partial charge in [0.1, 0.15) is 0 Å². The minimum absolute atomic E-state index is 0.226. The lowest BCUT2D eigenvalue weighted by Crippen LogP contribution is -2.36. The van der Waals surface area contributed by atoms with Gasteiger partial charge < -0.3 is 10.5 Å². The van der Waals surface area contributed by atoms with Crippen LogP contribution >= 0.6 is 0 Å². The highest BCUT2D eigenvalue weighted by atomic mass is 16.5. The third kappa shape index (κ3) is 3.52. The van der Waals surface area contributed by atoms with E-state index in [4.69, 9.17) is 10.5 Å². The number of rotatable bonds is 7. The largest absolute Gasteiger partial charge is 0.383 e. The van der Waals surface area contributed by atoms with Crippen LogP contribution in [0.4, 0.5) is 0 Å². The minimum Gasteiger partial charge on any atom is -0.383 e. The standard InChI is InChI=1S/C12H24N4O/c1-5-16(6-7-17-4)12(8-13)11-9-15(3)14-10(11)2/h9,12H,5-8,13H2,1-4H3. The third-order valence-electron chi connectivity index (χ3n) is 3.06. The first-order valence-corrected chi connectivity index (χ1v) is 6.07. The monoisotopic (exact) mass is 240 g/mol. The summed E-state index contributed by atoms with van der Waals surface area (Å²) in [4.78, 5) is 2.33. The molecule has 98 valence electrons. The Kier molecular flexibility index (Phi) is 5.61. The van der Waals surface area contributed by atoms with Crippen molar-refractivity contribution in [2.24, 2.45) is 12.8 Å². The Bertz CT molecular complexity index is 337. The smallest absolute Gasteiger partial charge is 0.0641 e. The van der Waals surface area contributed by atoms with Crippen molar-refractivity contribution < 1.29 is 4.74 Å². The number of hydrogen-bond donors (Lipinski definition) is 1. The molecule has 1 atom stereocenters. The second kappa shape index (κ2) is 6.74. The normalized spacial score (nSPS) is 13.3. The number of likely N-dealkylation sites (N-methyl/N-ethyl adjacent to an activating group) is 1. The van der Waals surface area contributed by atoms with Crippen LogP contribution in [0.3, 0.4) is 0 Å². The molecule has 0 aliphatic heterocycles. The highest BCUT2D eigenvalue weighted by Gasteiger charge is 2.21. The van der Waals surface area contributed by atoms with Gasteiger partial charge in [-0.2, -0.15) is 5.10 Å². The predicted molar refractivity (Wildman–Crippen MR) is 68.9 cm³/mol. The highest BCUT2D eigenvalue weighted by Crippen LogP contribution is 2.21. The quantitative estimate of drug-likeness (QED) is 0.762. The molecule has 17 heavy (non-hydrogen) atoms. The lowest BCUT2D eigenvalue weighted by Gasteiger charge is -2.29. The molecular formula is C12H24N4O. The molecule has 0 saturated carbocycles. The van der Waals surface area contributed by atoms with Crippen LogP contribution in [0, 0.1) is 6.92 Å². The Morgan fingerprint density at radius 2 is 2.29 bits per heavy atom. The van der Waals surface area contributed by atoms with Gasteiger partial charge in [0.05, 0.1) is 18.3 Å². The number of aromatic nitrogens is 2. The number of hydrogen-bond acceptors (Lipinski definition) is 4. The third-order valence-corrected chi connectivity index (χ3v) is 3.06. The summed E-state index contributed by atoms with van der Waals surface area (Å²) in [6.45, 7) is 7.35. The fourth-order valence-corrected chi connectivity index (χ4v) is 2.16. The Hall–Kier alpha value is -0.910. The SMILES string of the molecule is CCN(CCOC)C(CN)c1cn(C)nc1C. The summed E-state index contributed by atoms with van der Waals surface area (Å²) in [6.07, 6.45) is 2.06. The molecule has 0 spiro atoms. The summed E-state index contributed by atoms with van der Waals surface area (Å²) >= 11 is 0. The Labute approximate surface area is 104 Å². The van der Waals surface area contributed by atoms with Crippen LogP contribution in [-0.4, -0.2) is 48.0 Å². The van der Waals surface area contributed by atoms with Gasteiger partial charge in [-0.1, -0.05) is 6.92 Å². The van der Waals surface area contributed by atoms with Crippen LogP contribution in [0.15, 0.2) is 6.20 Å². The molecule has 1 aromatic heterocycles. The summed E-state index contributed by atoms with van der Waals surface area (Å²) in [5.41, 5.74) is 8.18. The van der Waals surface area contributed by atoms with Crippen molar-refractivity contribution >= 4 is 0 Å². The second-order valence-electron chi connectivity index (χ2n) is 4.22. The number of nitrogens with two attached hydrogens (primary N) is 1.